The molecule has 1 amide bonds. The van der Waals surface area contributed by atoms with Gasteiger partial charge in [-0.3, -0.25) is 19.0 Å². The summed E-state index contributed by atoms with van der Waals surface area (Å²) in [5.41, 5.74) is 2.67. The normalized spacial score (nSPS) is 11.0. The Morgan fingerprint density at radius 2 is 2.07 bits per heavy atom. The van der Waals surface area contributed by atoms with Gasteiger partial charge in [0.25, 0.3) is 11.5 Å². The first-order valence-electron chi connectivity index (χ1n) is 9.31. The van der Waals surface area contributed by atoms with Crippen LogP contribution in [0.5, 0.6) is 0 Å². The third kappa shape index (κ3) is 3.64. The number of fused-ring (bicyclic) bond motifs is 2. The third-order valence-electron chi connectivity index (χ3n) is 4.51. The second-order valence-corrected chi connectivity index (χ2v) is 6.68. The minimum atomic E-state index is -0.326. The molecule has 29 heavy (non-hydrogen) atoms. The van der Waals surface area contributed by atoms with Crippen molar-refractivity contribution in [2.45, 2.75) is 20.4 Å². The van der Waals surface area contributed by atoms with Crippen molar-refractivity contribution in [3.05, 3.63) is 76.0 Å². The predicted octanol–water partition coefficient (Wildman–Crippen LogP) is 2.31. The molecule has 8 nitrogen and oxygen atoms in total. The van der Waals surface area contributed by atoms with E-state index >= 15 is 0 Å². The molecule has 0 atom stereocenters. The largest absolute Gasteiger partial charge is 0.370 e. The summed E-state index contributed by atoms with van der Waals surface area (Å²) in [6, 6.07) is 8.91. The monoisotopic (exact) mass is 388 g/mol. The van der Waals surface area contributed by atoms with Gasteiger partial charge in [0, 0.05) is 31.7 Å². The quantitative estimate of drug-likeness (QED) is 0.509. The summed E-state index contributed by atoms with van der Waals surface area (Å²) in [6.07, 6.45) is 5.09. The zero-order valence-electron chi connectivity index (χ0n) is 16.1. The van der Waals surface area contributed by atoms with E-state index in [1.807, 2.05) is 32.0 Å². The standard InChI is InChI=1S/C21H20N6O2/c1-3-23-18-15(20(28)24-11-14-5-4-8-22-10-14)9-16-19(26-18)25-17-7-6-13(2)12-27(17)21(16)29/h4-10,12H,3,11H2,1-2H3,(H,23,26)(H,24,28). The lowest BCUT2D eigenvalue weighted by Crippen LogP contribution is -2.25. The molecular weight excluding hydrogens is 368 g/mol. The van der Waals surface area contributed by atoms with Gasteiger partial charge in [-0.2, -0.15) is 0 Å². The lowest BCUT2D eigenvalue weighted by atomic mass is 10.1. The number of nitrogens with zero attached hydrogens (tertiary/aromatic N) is 4. The highest BCUT2D eigenvalue weighted by molar-refractivity contribution is 6.01. The molecule has 4 aromatic heterocycles. The molecule has 8 heteroatoms. The van der Waals surface area contributed by atoms with Crippen LogP contribution in [0.4, 0.5) is 5.82 Å². The van der Waals surface area contributed by atoms with E-state index in [-0.39, 0.29) is 11.5 Å². The second-order valence-electron chi connectivity index (χ2n) is 6.68. The van der Waals surface area contributed by atoms with Crippen LogP contribution in [0.25, 0.3) is 16.7 Å². The molecule has 4 rings (SSSR count). The van der Waals surface area contributed by atoms with Gasteiger partial charge in [0.05, 0.1) is 10.9 Å². The molecule has 0 saturated carbocycles. The minimum absolute atomic E-state index is 0.259. The summed E-state index contributed by atoms with van der Waals surface area (Å²) in [4.78, 5) is 38.8. The number of rotatable bonds is 5. The lowest BCUT2D eigenvalue weighted by Gasteiger charge is -2.12. The second kappa shape index (κ2) is 7.67. The average Bonchev–Trinajstić information content (AvgIpc) is 2.73. The molecule has 0 aliphatic heterocycles. The number of carbonyl (C=O) groups is 1. The van der Waals surface area contributed by atoms with E-state index in [2.05, 4.69) is 25.6 Å². The Balaban J connectivity index is 1.80. The lowest BCUT2D eigenvalue weighted by molar-refractivity contribution is 0.0951. The number of amides is 1. The van der Waals surface area contributed by atoms with Crippen molar-refractivity contribution in [2.24, 2.45) is 0 Å². The molecule has 0 radical (unpaired) electrons. The van der Waals surface area contributed by atoms with Crippen LogP contribution in [0.15, 0.2) is 53.7 Å². The number of anilines is 1. The SMILES string of the molecule is CCNc1nc2nc3ccc(C)cn3c(=O)c2cc1C(=O)NCc1cccnc1. The summed E-state index contributed by atoms with van der Waals surface area (Å²) in [7, 11) is 0. The molecular formula is C21H20N6O2. The van der Waals surface area contributed by atoms with Crippen molar-refractivity contribution in [2.75, 3.05) is 11.9 Å². The molecule has 0 aliphatic carbocycles. The van der Waals surface area contributed by atoms with Crippen molar-refractivity contribution in [3.8, 4) is 0 Å². The number of hydrogen-bond acceptors (Lipinski definition) is 6. The molecule has 0 fully saturated rings. The Kier molecular flexibility index (Phi) is 4.90. The van der Waals surface area contributed by atoms with E-state index in [0.717, 1.165) is 11.1 Å². The topological polar surface area (TPSA) is 101 Å². The number of carbonyl (C=O) groups excluding carboxylic acids is 1. The van der Waals surface area contributed by atoms with Crippen molar-refractivity contribution in [1.29, 1.82) is 0 Å². The van der Waals surface area contributed by atoms with Gasteiger partial charge in [0.1, 0.15) is 11.5 Å². The number of aryl methyl sites for hydroxylation is 1. The number of pyridine rings is 3. The molecule has 4 aromatic rings. The highest BCUT2D eigenvalue weighted by Crippen LogP contribution is 2.18. The molecule has 0 spiro atoms. The number of nitrogens with one attached hydrogen (secondary N) is 2. The average molecular weight is 388 g/mol. The Bertz CT molecular complexity index is 1270. The Morgan fingerprint density at radius 1 is 1.21 bits per heavy atom. The Labute approximate surface area is 166 Å². The van der Waals surface area contributed by atoms with Crippen molar-refractivity contribution < 1.29 is 4.79 Å². The maximum atomic E-state index is 13.0. The van der Waals surface area contributed by atoms with E-state index in [4.69, 9.17) is 0 Å². The fourth-order valence-electron chi connectivity index (χ4n) is 3.09. The summed E-state index contributed by atoms with van der Waals surface area (Å²) in [5.74, 6) is 0.0694. The van der Waals surface area contributed by atoms with Crippen molar-refractivity contribution in [3.63, 3.8) is 0 Å². The zero-order chi connectivity index (χ0) is 20.4. The van der Waals surface area contributed by atoms with Gasteiger partial charge in [-0.05, 0) is 43.2 Å². The van der Waals surface area contributed by atoms with Crippen LogP contribution in [0.2, 0.25) is 0 Å². The van der Waals surface area contributed by atoms with Gasteiger partial charge in [-0.1, -0.05) is 12.1 Å². The van der Waals surface area contributed by atoms with Crippen LogP contribution < -0.4 is 16.2 Å². The minimum Gasteiger partial charge on any atom is -0.370 e. The molecule has 0 aromatic carbocycles. The Morgan fingerprint density at radius 3 is 2.83 bits per heavy atom. The van der Waals surface area contributed by atoms with Crippen LogP contribution in [0.1, 0.15) is 28.4 Å². The van der Waals surface area contributed by atoms with Crippen LogP contribution in [-0.4, -0.2) is 31.8 Å². The van der Waals surface area contributed by atoms with Crippen molar-refractivity contribution >= 4 is 28.4 Å². The van der Waals surface area contributed by atoms with E-state index in [1.54, 1.807) is 30.7 Å². The van der Waals surface area contributed by atoms with Crippen LogP contribution in [0.3, 0.4) is 0 Å². The molecule has 0 bridgehead atoms. The first-order chi connectivity index (χ1) is 14.1. The first-order valence-corrected chi connectivity index (χ1v) is 9.31. The van der Waals surface area contributed by atoms with Gasteiger partial charge in [0.2, 0.25) is 0 Å². The van der Waals surface area contributed by atoms with Crippen LogP contribution in [-0.2, 0) is 6.54 Å². The van der Waals surface area contributed by atoms with E-state index in [1.165, 1.54) is 4.40 Å². The Hall–Kier alpha value is -3.81. The van der Waals surface area contributed by atoms with Crippen LogP contribution in [0, 0.1) is 6.92 Å². The fourth-order valence-corrected chi connectivity index (χ4v) is 3.09. The van der Waals surface area contributed by atoms with Gasteiger partial charge in [0.15, 0.2) is 5.65 Å². The van der Waals surface area contributed by atoms with E-state index in [9.17, 15) is 9.59 Å². The summed E-state index contributed by atoms with van der Waals surface area (Å²) < 4.78 is 1.48. The maximum absolute atomic E-state index is 13.0. The molecule has 2 N–H and O–H groups in total. The maximum Gasteiger partial charge on any atom is 0.267 e. The molecule has 0 unspecified atom stereocenters. The fraction of sp³-hybridized carbons (Fsp3) is 0.190. The predicted molar refractivity (Wildman–Crippen MR) is 111 cm³/mol. The first kappa shape index (κ1) is 18.5. The highest BCUT2D eigenvalue weighted by Gasteiger charge is 2.17. The summed E-state index contributed by atoms with van der Waals surface area (Å²) in [5, 5.41) is 6.24. The van der Waals surface area contributed by atoms with Gasteiger partial charge < -0.3 is 10.6 Å². The molecule has 0 aliphatic rings. The molecule has 4 heterocycles. The van der Waals surface area contributed by atoms with Gasteiger partial charge in [-0.15, -0.1) is 0 Å². The zero-order valence-corrected chi connectivity index (χ0v) is 16.1. The number of hydrogen-bond donors (Lipinski definition) is 2. The summed E-state index contributed by atoms with van der Waals surface area (Å²) >= 11 is 0. The van der Waals surface area contributed by atoms with Crippen LogP contribution >= 0.6 is 0 Å². The smallest absolute Gasteiger partial charge is 0.267 e. The van der Waals surface area contributed by atoms with E-state index in [0.29, 0.717) is 41.2 Å². The molecule has 0 saturated heterocycles. The van der Waals surface area contributed by atoms with Crippen molar-refractivity contribution in [1.82, 2.24) is 24.7 Å². The number of aromatic nitrogens is 4. The van der Waals surface area contributed by atoms with E-state index < -0.39 is 0 Å². The van der Waals surface area contributed by atoms with Gasteiger partial charge >= 0.3 is 0 Å². The summed E-state index contributed by atoms with van der Waals surface area (Å²) in [6.45, 7) is 4.71. The third-order valence-corrected chi connectivity index (χ3v) is 4.51. The highest BCUT2D eigenvalue weighted by atomic mass is 16.1. The molecule has 146 valence electrons. The van der Waals surface area contributed by atoms with Gasteiger partial charge in [-0.25, -0.2) is 9.97 Å².